The molecule has 1 heterocycles. The fraction of sp³-hybridized carbons (Fsp3) is 0.231. The SMILES string of the molecule is Cc1noc(C)c1CNC(=O)c1cccc(N)c1[N+](=O)[O-]. The highest BCUT2D eigenvalue weighted by molar-refractivity contribution is 6.00. The smallest absolute Gasteiger partial charge is 0.304 e. The van der Waals surface area contributed by atoms with E-state index in [1.807, 2.05) is 0 Å². The van der Waals surface area contributed by atoms with Gasteiger partial charge in [0.15, 0.2) is 0 Å². The molecule has 0 spiro atoms. The molecule has 0 aliphatic carbocycles. The third-order valence-corrected chi connectivity index (χ3v) is 3.10. The number of carbonyl (C=O) groups excluding carboxylic acids is 1. The number of nitrogens with one attached hydrogen (secondary N) is 1. The quantitative estimate of drug-likeness (QED) is 0.501. The number of benzene rings is 1. The number of amides is 1. The monoisotopic (exact) mass is 290 g/mol. The molecule has 2 rings (SSSR count). The van der Waals surface area contributed by atoms with Crippen LogP contribution in [-0.4, -0.2) is 16.0 Å². The molecule has 3 N–H and O–H groups in total. The van der Waals surface area contributed by atoms with Crippen LogP contribution < -0.4 is 11.1 Å². The maximum absolute atomic E-state index is 12.1. The number of rotatable bonds is 4. The van der Waals surface area contributed by atoms with Gasteiger partial charge in [-0.05, 0) is 26.0 Å². The number of para-hydroxylation sites is 1. The molecule has 21 heavy (non-hydrogen) atoms. The third-order valence-electron chi connectivity index (χ3n) is 3.10. The summed E-state index contributed by atoms with van der Waals surface area (Å²) in [4.78, 5) is 22.5. The zero-order valence-corrected chi connectivity index (χ0v) is 11.5. The van der Waals surface area contributed by atoms with Gasteiger partial charge in [-0.25, -0.2) is 0 Å². The molecule has 2 aromatic rings. The van der Waals surface area contributed by atoms with Crippen molar-refractivity contribution in [2.75, 3.05) is 5.73 Å². The van der Waals surface area contributed by atoms with Crippen LogP contribution in [0.1, 0.15) is 27.4 Å². The Balaban J connectivity index is 2.22. The summed E-state index contributed by atoms with van der Waals surface area (Å²) in [6.45, 7) is 3.65. The summed E-state index contributed by atoms with van der Waals surface area (Å²) in [5.74, 6) is 0.0175. The van der Waals surface area contributed by atoms with E-state index in [9.17, 15) is 14.9 Å². The van der Waals surface area contributed by atoms with Crippen molar-refractivity contribution >= 4 is 17.3 Å². The second kappa shape index (κ2) is 5.61. The van der Waals surface area contributed by atoms with Gasteiger partial charge in [0.25, 0.3) is 5.91 Å². The number of hydrogen-bond donors (Lipinski definition) is 2. The largest absolute Gasteiger partial charge is 0.393 e. The Morgan fingerprint density at radius 2 is 2.19 bits per heavy atom. The van der Waals surface area contributed by atoms with Crippen molar-refractivity contribution in [3.8, 4) is 0 Å². The van der Waals surface area contributed by atoms with E-state index in [0.717, 1.165) is 5.56 Å². The first-order valence-corrected chi connectivity index (χ1v) is 6.14. The summed E-state index contributed by atoms with van der Waals surface area (Å²) < 4.78 is 4.98. The fourth-order valence-electron chi connectivity index (χ4n) is 1.97. The van der Waals surface area contributed by atoms with Gasteiger partial charge in [0, 0.05) is 12.1 Å². The van der Waals surface area contributed by atoms with Crippen LogP contribution >= 0.6 is 0 Å². The van der Waals surface area contributed by atoms with Gasteiger partial charge in [-0.3, -0.25) is 14.9 Å². The summed E-state index contributed by atoms with van der Waals surface area (Å²) in [7, 11) is 0. The average Bonchev–Trinajstić information content (AvgIpc) is 2.74. The Morgan fingerprint density at radius 3 is 2.76 bits per heavy atom. The maximum Gasteiger partial charge on any atom is 0.304 e. The lowest BCUT2D eigenvalue weighted by molar-refractivity contribution is -0.384. The van der Waals surface area contributed by atoms with Crippen molar-refractivity contribution in [3.63, 3.8) is 0 Å². The molecule has 1 amide bonds. The van der Waals surface area contributed by atoms with Crippen molar-refractivity contribution in [1.29, 1.82) is 0 Å². The molecule has 110 valence electrons. The van der Waals surface area contributed by atoms with Crippen LogP contribution in [0.5, 0.6) is 0 Å². The number of hydrogen-bond acceptors (Lipinski definition) is 6. The molecule has 0 radical (unpaired) electrons. The van der Waals surface area contributed by atoms with E-state index in [2.05, 4.69) is 10.5 Å². The molecule has 0 saturated heterocycles. The summed E-state index contributed by atoms with van der Waals surface area (Å²) in [6, 6.07) is 4.23. The Labute approximate surface area is 120 Å². The first-order chi connectivity index (χ1) is 9.91. The van der Waals surface area contributed by atoms with Crippen molar-refractivity contribution in [1.82, 2.24) is 10.5 Å². The molecular weight excluding hydrogens is 276 g/mol. The molecule has 0 aliphatic heterocycles. The van der Waals surface area contributed by atoms with Gasteiger partial charge in [-0.2, -0.15) is 0 Å². The first kappa shape index (κ1) is 14.5. The Hall–Kier alpha value is -2.90. The summed E-state index contributed by atoms with van der Waals surface area (Å²) >= 11 is 0. The van der Waals surface area contributed by atoms with E-state index in [-0.39, 0.29) is 17.8 Å². The predicted molar refractivity (Wildman–Crippen MR) is 74.7 cm³/mol. The molecule has 0 fully saturated rings. The molecule has 1 aromatic heterocycles. The molecular formula is C13H14N4O4. The number of nitro benzene ring substituents is 1. The molecule has 8 heteroatoms. The van der Waals surface area contributed by atoms with E-state index < -0.39 is 16.5 Å². The second-order valence-electron chi connectivity index (χ2n) is 4.49. The van der Waals surface area contributed by atoms with E-state index in [1.54, 1.807) is 13.8 Å². The van der Waals surface area contributed by atoms with Gasteiger partial charge in [-0.15, -0.1) is 0 Å². The van der Waals surface area contributed by atoms with Crippen LogP contribution in [0.25, 0.3) is 0 Å². The lowest BCUT2D eigenvalue weighted by atomic mass is 10.1. The zero-order chi connectivity index (χ0) is 15.6. The highest BCUT2D eigenvalue weighted by Gasteiger charge is 2.23. The van der Waals surface area contributed by atoms with E-state index in [1.165, 1.54) is 18.2 Å². The van der Waals surface area contributed by atoms with Gasteiger partial charge in [-0.1, -0.05) is 11.2 Å². The number of nitrogens with two attached hydrogens (primary N) is 1. The molecule has 0 bridgehead atoms. The normalized spacial score (nSPS) is 10.4. The van der Waals surface area contributed by atoms with Crippen LogP contribution in [0.3, 0.4) is 0 Å². The van der Waals surface area contributed by atoms with Crippen LogP contribution in [-0.2, 0) is 6.54 Å². The minimum Gasteiger partial charge on any atom is -0.393 e. The number of carbonyl (C=O) groups is 1. The van der Waals surface area contributed by atoms with Gasteiger partial charge in [0.05, 0.1) is 10.6 Å². The first-order valence-electron chi connectivity index (χ1n) is 6.14. The average molecular weight is 290 g/mol. The number of aryl methyl sites for hydroxylation is 2. The Morgan fingerprint density at radius 1 is 1.48 bits per heavy atom. The number of nitro groups is 1. The summed E-state index contributed by atoms with van der Waals surface area (Å²) in [6.07, 6.45) is 0. The van der Waals surface area contributed by atoms with Gasteiger partial charge in [0.2, 0.25) is 0 Å². The summed E-state index contributed by atoms with van der Waals surface area (Å²) in [5, 5.41) is 17.4. The van der Waals surface area contributed by atoms with E-state index >= 15 is 0 Å². The standard InChI is InChI=1S/C13H14N4O4/c1-7-10(8(2)21-16-7)6-15-13(18)9-4-3-5-11(14)12(9)17(19)20/h3-5H,6,14H2,1-2H3,(H,15,18). The second-order valence-corrected chi connectivity index (χ2v) is 4.49. The van der Waals surface area contributed by atoms with Gasteiger partial charge in [0.1, 0.15) is 17.0 Å². The highest BCUT2D eigenvalue weighted by atomic mass is 16.6. The molecule has 1 aromatic carbocycles. The van der Waals surface area contributed by atoms with Gasteiger partial charge >= 0.3 is 5.69 Å². The highest BCUT2D eigenvalue weighted by Crippen LogP contribution is 2.25. The number of anilines is 1. The van der Waals surface area contributed by atoms with Crippen molar-refractivity contribution in [3.05, 3.63) is 50.9 Å². The van der Waals surface area contributed by atoms with Crippen molar-refractivity contribution < 1.29 is 14.2 Å². The van der Waals surface area contributed by atoms with E-state index in [0.29, 0.717) is 11.5 Å². The number of aromatic nitrogens is 1. The zero-order valence-electron chi connectivity index (χ0n) is 11.5. The molecule has 0 saturated carbocycles. The third kappa shape index (κ3) is 2.83. The van der Waals surface area contributed by atoms with E-state index in [4.69, 9.17) is 10.3 Å². The Bertz CT molecular complexity index is 689. The molecule has 0 atom stereocenters. The minimum absolute atomic E-state index is 0.0509. The van der Waals surface area contributed by atoms with Crippen molar-refractivity contribution in [2.45, 2.75) is 20.4 Å². The lowest BCUT2D eigenvalue weighted by Gasteiger charge is -2.06. The lowest BCUT2D eigenvalue weighted by Crippen LogP contribution is -2.24. The predicted octanol–water partition coefficient (Wildman–Crippen LogP) is 1.71. The maximum atomic E-state index is 12.1. The van der Waals surface area contributed by atoms with Crippen LogP contribution in [0.2, 0.25) is 0 Å². The minimum atomic E-state index is -0.667. The Kier molecular flexibility index (Phi) is 3.88. The van der Waals surface area contributed by atoms with Crippen molar-refractivity contribution in [2.24, 2.45) is 0 Å². The topological polar surface area (TPSA) is 124 Å². The van der Waals surface area contributed by atoms with Gasteiger partial charge < -0.3 is 15.6 Å². The molecule has 0 unspecified atom stereocenters. The van der Waals surface area contributed by atoms with Crippen LogP contribution in [0.4, 0.5) is 11.4 Å². The molecule has 0 aliphatic rings. The fourth-order valence-corrected chi connectivity index (χ4v) is 1.97. The van der Waals surface area contributed by atoms with Crippen LogP contribution in [0.15, 0.2) is 22.7 Å². The number of nitrogens with zero attached hydrogens (tertiary/aromatic N) is 2. The summed E-state index contributed by atoms with van der Waals surface area (Å²) in [5.41, 5.74) is 6.44. The molecule has 8 nitrogen and oxygen atoms in total. The number of nitrogen functional groups attached to an aromatic ring is 1. The van der Waals surface area contributed by atoms with Crippen LogP contribution in [0, 0.1) is 24.0 Å².